The number of para-hydroxylation sites is 4. The van der Waals surface area contributed by atoms with E-state index in [4.69, 9.17) is 0 Å². The van der Waals surface area contributed by atoms with E-state index in [9.17, 15) is 5.26 Å². The fraction of sp³-hybridized carbons (Fsp3) is 0. The van der Waals surface area contributed by atoms with Gasteiger partial charge in [0.2, 0.25) is 11.9 Å². The molecule has 0 radical (unpaired) electrons. The SMILES string of the molecule is N#Cc1c(-n2c3ccccc3c3ccccc32)c(F)nc(F)c1-n1c2ccccc2c2ccccc21. The Labute approximate surface area is 203 Å². The molecule has 0 aliphatic carbocycles. The number of nitriles is 1. The standard InChI is InChI=1S/C30H16F2N4/c31-29-27(35-23-13-5-1-9-18(23)19-10-2-6-14-24(19)35)22(17-33)28(30(32)34-29)36-25-15-7-3-11-20(25)21-12-4-8-16-26(21)36/h1-16H. The van der Waals surface area contributed by atoms with Gasteiger partial charge in [-0.25, -0.2) is 0 Å². The maximum Gasteiger partial charge on any atom is 0.241 e. The van der Waals surface area contributed by atoms with Gasteiger partial charge < -0.3 is 9.13 Å². The molecular formula is C30H16F2N4. The Morgan fingerprint density at radius 2 is 0.833 bits per heavy atom. The third-order valence-corrected chi connectivity index (χ3v) is 6.78. The number of rotatable bonds is 2. The highest BCUT2D eigenvalue weighted by Gasteiger charge is 2.27. The average Bonchev–Trinajstić information content (AvgIpc) is 3.42. The van der Waals surface area contributed by atoms with E-state index in [1.165, 1.54) is 0 Å². The van der Waals surface area contributed by atoms with E-state index in [2.05, 4.69) is 11.1 Å². The molecule has 7 aromatic rings. The number of hydrogen-bond donors (Lipinski definition) is 0. The summed E-state index contributed by atoms with van der Waals surface area (Å²) in [5, 5.41) is 14.0. The summed E-state index contributed by atoms with van der Waals surface area (Å²) in [5.41, 5.74) is 2.54. The minimum Gasteiger partial charge on any atom is -0.304 e. The van der Waals surface area contributed by atoms with Crippen LogP contribution < -0.4 is 0 Å². The van der Waals surface area contributed by atoms with Gasteiger partial charge in [-0.2, -0.15) is 19.0 Å². The quantitative estimate of drug-likeness (QED) is 0.247. The Morgan fingerprint density at radius 1 is 0.528 bits per heavy atom. The fourth-order valence-electron chi connectivity index (χ4n) is 5.35. The molecule has 0 fully saturated rings. The number of aromatic nitrogens is 3. The average molecular weight is 470 g/mol. The molecule has 0 spiro atoms. The number of halogens is 2. The smallest absolute Gasteiger partial charge is 0.241 e. The van der Waals surface area contributed by atoms with Crippen molar-refractivity contribution in [3.8, 4) is 17.4 Å². The summed E-state index contributed by atoms with van der Waals surface area (Å²) in [5.74, 6) is -2.08. The minimum atomic E-state index is -1.04. The van der Waals surface area contributed by atoms with Crippen molar-refractivity contribution in [3.05, 3.63) is 115 Å². The number of benzene rings is 4. The van der Waals surface area contributed by atoms with E-state index in [1.807, 2.05) is 97.1 Å². The van der Waals surface area contributed by atoms with Gasteiger partial charge in [0.25, 0.3) is 0 Å². The van der Waals surface area contributed by atoms with Crippen LogP contribution in [0.15, 0.2) is 97.1 Å². The second kappa shape index (κ2) is 7.49. The van der Waals surface area contributed by atoms with Crippen molar-refractivity contribution in [1.29, 1.82) is 5.26 Å². The van der Waals surface area contributed by atoms with Crippen molar-refractivity contribution in [2.45, 2.75) is 0 Å². The summed E-state index contributed by atoms with van der Waals surface area (Å²) < 4.78 is 34.6. The summed E-state index contributed by atoms with van der Waals surface area (Å²) in [6.45, 7) is 0. The van der Waals surface area contributed by atoms with Gasteiger partial charge in [-0.15, -0.1) is 0 Å². The molecule has 36 heavy (non-hydrogen) atoms. The molecule has 6 heteroatoms. The molecule has 3 heterocycles. The third kappa shape index (κ3) is 2.62. The minimum absolute atomic E-state index is 0.0758. The Hall–Kier alpha value is -5.02. The molecule has 0 atom stereocenters. The highest BCUT2D eigenvalue weighted by Crippen LogP contribution is 2.38. The lowest BCUT2D eigenvalue weighted by atomic mass is 10.1. The van der Waals surface area contributed by atoms with Crippen molar-refractivity contribution in [2.24, 2.45) is 0 Å². The molecule has 7 rings (SSSR count). The van der Waals surface area contributed by atoms with Crippen LogP contribution in [0.25, 0.3) is 55.0 Å². The molecule has 0 aliphatic heterocycles. The van der Waals surface area contributed by atoms with Crippen LogP contribution in [0.1, 0.15) is 5.56 Å². The molecular weight excluding hydrogens is 454 g/mol. The summed E-state index contributed by atoms with van der Waals surface area (Å²) in [6, 6.07) is 32.4. The molecule has 0 saturated heterocycles. The lowest BCUT2D eigenvalue weighted by Gasteiger charge is -2.16. The highest BCUT2D eigenvalue weighted by atomic mass is 19.1. The first-order valence-electron chi connectivity index (χ1n) is 11.4. The number of hydrogen-bond acceptors (Lipinski definition) is 2. The van der Waals surface area contributed by atoms with Gasteiger partial charge in [-0.05, 0) is 24.3 Å². The topological polar surface area (TPSA) is 46.5 Å². The molecule has 0 aliphatic rings. The zero-order chi connectivity index (χ0) is 24.4. The van der Waals surface area contributed by atoms with E-state index < -0.39 is 11.9 Å². The maximum absolute atomic E-state index is 15.6. The fourth-order valence-corrected chi connectivity index (χ4v) is 5.35. The van der Waals surface area contributed by atoms with E-state index in [-0.39, 0.29) is 16.9 Å². The normalized spacial score (nSPS) is 11.6. The van der Waals surface area contributed by atoms with E-state index in [1.54, 1.807) is 9.13 Å². The number of fused-ring (bicyclic) bond motifs is 6. The van der Waals surface area contributed by atoms with E-state index >= 15 is 8.78 Å². The third-order valence-electron chi connectivity index (χ3n) is 6.78. The van der Waals surface area contributed by atoms with Gasteiger partial charge in [-0.3, -0.25) is 0 Å². The van der Waals surface area contributed by atoms with Crippen LogP contribution in [-0.4, -0.2) is 14.1 Å². The van der Waals surface area contributed by atoms with Crippen molar-refractivity contribution >= 4 is 43.6 Å². The van der Waals surface area contributed by atoms with Crippen molar-refractivity contribution in [2.75, 3.05) is 0 Å². The molecule has 0 amide bonds. The van der Waals surface area contributed by atoms with Crippen LogP contribution in [0.4, 0.5) is 8.78 Å². The van der Waals surface area contributed by atoms with Crippen LogP contribution >= 0.6 is 0 Å². The van der Waals surface area contributed by atoms with Gasteiger partial charge >= 0.3 is 0 Å². The first kappa shape index (κ1) is 20.4. The van der Waals surface area contributed by atoms with Crippen molar-refractivity contribution < 1.29 is 8.78 Å². The Bertz CT molecular complexity index is 1800. The summed E-state index contributed by atoms with van der Waals surface area (Å²) in [6.07, 6.45) is 0. The monoisotopic (exact) mass is 470 g/mol. The lowest BCUT2D eigenvalue weighted by molar-refractivity contribution is 0.505. The molecule has 3 aromatic heterocycles. The van der Waals surface area contributed by atoms with Gasteiger partial charge in [0, 0.05) is 21.5 Å². The second-order valence-corrected chi connectivity index (χ2v) is 8.62. The Balaban J connectivity index is 1.69. The van der Waals surface area contributed by atoms with Crippen LogP contribution in [0, 0.1) is 23.2 Å². The van der Waals surface area contributed by atoms with Crippen LogP contribution in [0.3, 0.4) is 0 Å². The molecule has 170 valence electrons. The first-order valence-corrected chi connectivity index (χ1v) is 11.4. The second-order valence-electron chi connectivity index (χ2n) is 8.62. The Morgan fingerprint density at radius 3 is 1.14 bits per heavy atom. The zero-order valence-electron chi connectivity index (χ0n) is 18.8. The largest absolute Gasteiger partial charge is 0.304 e. The highest BCUT2D eigenvalue weighted by molar-refractivity contribution is 6.10. The zero-order valence-corrected chi connectivity index (χ0v) is 18.8. The molecule has 0 saturated carbocycles. The summed E-state index contributed by atoms with van der Waals surface area (Å²) in [4.78, 5) is 3.70. The molecule has 0 bridgehead atoms. The number of nitrogens with zero attached hydrogens (tertiary/aromatic N) is 4. The van der Waals surface area contributed by atoms with Crippen molar-refractivity contribution in [1.82, 2.24) is 14.1 Å². The molecule has 4 aromatic carbocycles. The van der Waals surface area contributed by atoms with Crippen LogP contribution in [-0.2, 0) is 0 Å². The van der Waals surface area contributed by atoms with E-state index in [0.29, 0.717) is 22.1 Å². The van der Waals surface area contributed by atoms with Gasteiger partial charge in [0.15, 0.2) is 0 Å². The molecule has 0 N–H and O–H groups in total. The first-order chi connectivity index (χ1) is 17.7. The predicted octanol–water partition coefficient (Wildman–Crippen LogP) is 7.43. The molecule has 4 nitrogen and oxygen atoms in total. The molecule has 0 unspecified atom stereocenters. The predicted molar refractivity (Wildman–Crippen MR) is 138 cm³/mol. The van der Waals surface area contributed by atoms with Gasteiger partial charge in [0.05, 0.1) is 22.1 Å². The van der Waals surface area contributed by atoms with Gasteiger partial charge in [-0.1, -0.05) is 72.8 Å². The van der Waals surface area contributed by atoms with E-state index in [0.717, 1.165) is 21.5 Å². The van der Waals surface area contributed by atoms with Crippen LogP contribution in [0.2, 0.25) is 0 Å². The maximum atomic E-state index is 15.6. The Kier molecular flexibility index (Phi) is 4.24. The number of pyridine rings is 1. The van der Waals surface area contributed by atoms with Crippen LogP contribution in [0.5, 0.6) is 0 Å². The summed E-state index contributed by atoms with van der Waals surface area (Å²) in [7, 11) is 0. The van der Waals surface area contributed by atoms with Crippen molar-refractivity contribution in [3.63, 3.8) is 0 Å². The lowest BCUT2D eigenvalue weighted by Crippen LogP contribution is -2.12. The summed E-state index contributed by atoms with van der Waals surface area (Å²) >= 11 is 0. The van der Waals surface area contributed by atoms with Gasteiger partial charge in [0.1, 0.15) is 23.0 Å².